The Kier molecular flexibility index (Phi) is 7.07. The summed E-state index contributed by atoms with van der Waals surface area (Å²) in [6, 6.07) is 9.75. The molecule has 158 valence electrons. The molecule has 30 heavy (non-hydrogen) atoms. The van der Waals surface area contributed by atoms with Crippen molar-refractivity contribution in [2.75, 3.05) is 13.1 Å². The zero-order valence-corrected chi connectivity index (χ0v) is 17.5. The summed E-state index contributed by atoms with van der Waals surface area (Å²) in [6.45, 7) is 1.59. The maximum Gasteiger partial charge on any atom is 0.285 e. The first-order chi connectivity index (χ1) is 14.0. The average molecular weight is 453 g/mol. The number of carbonyl (C=O) groups excluding carboxylic acids is 1. The van der Waals surface area contributed by atoms with E-state index in [2.05, 4.69) is 10.4 Å². The van der Waals surface area contributed by atoms with Crippen molar-refractivity contribution >= 4 is 29.9 Å². The quantitative estimate of drug-likeness (QED) is 0.604. The van der Waals surface area contributed by atoms with E-state index in [9.17, 15) is 13.6 Å². The number of amides is 1. The number of rotatable bonds is 4. The van der Waals surface area contributed by atoms with Crippen LogP contribution in [0.25, 0.3) is 17.1 Å². The molecular formula is C21H20Cl2F2N4O. The highest BCUT2D eigenvalue weighted by Crippen LogP contribution is 2.30. The smallest absolute Gasteiger partial charge is 0.285 e. The molecule has 0 saturated carbocycles. The van der Waals surface area contributed by atoms with Crippen molar-refractivity contribution < 1.29 is 13.6 Å². The highest BCUT2D eigenvalue weighted by atomic mass is 35.5. The Bertz CT molecular complexity index is 1030. The van der Waals surface area contributed by atoms with E-state index in [-0.39, 0.29) is 34.8 Å². The molecule has 0 radical (unpaired) electrons. The fourth-order valence-electron chi connectivity index (χ4n) is 3.36. The Balaban J connectivity index is 0.00000256. The number of nitrogens with one attached hydrogen (secondary N) is 1. The normalized spacial score (nSPS) is 14.2. The largest absolute Gasteiger partial charge is 0.299 e. The summed E-state index contributed by atoms with van der Waals surface area (Å²) in [4.78, 5) is 17.2. The van der Waals surface area contributed by atoms with Crippen molar-refractivity contribution in [1.82, 2.24) is 20.0 Å². The molecule has 4 rings (SSSR count). The third kappa shape index (κ3) is 4.80. The van der Waals surface area contributed by atoms with Gasteiger partial charge in [-0.3, -0.25) is 14.8 Å². The number of imidazole rings is 1. The highest BCUT2D eigenvalue weighted by Gasteiger charge is 2.21. The number of benzene rings is 2. The number of hydrazine groups is 1. The lowest BCUT2D eigenvalue weighted by Gasteiger charge is -2.26. The first-order valence-electron chi connectivity index (χ1n) is 9.38. The summed E-state index contributed by atoms with van der Waals surface area (Å²) in [5.74, 6) is -0.822. The molecule has 1 N–H and O–H groups in total. The molecule has 9 heteroatoms. The zero-order chi connectivity index (χ0) is 20.4. The number of piperidine rings is 1. The second kappa shape index (κ2) is 9.55. The maximum atomic E-state index is 13.5. The van der Waals surface area contributed by atoms with Crippen LogP contribution in [0.1, 0.15) is 29.8 Å². The summed E-state index contributed by atoms with van der Waals surface area (Å²) in [6.07, 6.45) is 4.78. The second-order valence-electron chi connectivity index (χ2n) is 6.91. The summed E-state index contributed by atoms with van der Waals surface area (Å²) < 4.78 is 28.5. The van der Waals surface area contributed by atoms with Crippen LogP contribution in [0.3, 0.4) is 0 Å². The minimum absolute atomic E-state index is 0. The second-order valence-corrected chi connectivity index (χ2v) is 7.32. The topological polar surface area (TPSA) is 50.2 Å². The minimum atomic E-state index is -0.471. The highest BCUT2D eigenvalue weighted by molar-refractivity contribution is 6.33. The molecule has 0 spiro atoms. The number of nitrogens with zero attached hydrogens (tertiary/aromatic N) is 3. The number of aromatic nitrogens is 2. The van der Waals surface area contributed by atoms with Crippen molar-refractivity contribution in [3.05, 3.63) is 71.0 Å². The Labute approximate surface area is 184 Å². The standard InChI is InChI=1S/C21H19ClF2N4O.ClH/c22-18-12-15(24)6-9-17(18)20-25-19(21(29)26-27-10-2-1-3-11-27)13-28(20)16-7-4-14(23)5-8-16;/h4-9,12-13H,1-3,10-11H2,(H,26,29);1H. The van der Waals surface area contributed by atoms with E-state index in [1.54, 1.807) is 22.9 Å². The van der Waals surface area contributed by atoms with Crippen LogP contribution in [-0.4, -0.2) is 33.6 Å². The third-order valence-corrected chi connectivity index (χ3v) is 5.14. The molecule has 1 saturated heterocycles. The van der Waals surface area contributed by atoms with Crippen LogP contribution < -0.4 is 5.43 Å². The fraction of sp³-hybridized carbons (Fsp3) is 0.238. The molecule has 3 aromatic rings. The monoisotopic (exact) mass is 452 g/mol. The van der Waals surface area contributed by atoms with Gasteiger partial charge in [-0.25, -0.2) is 18.8 Å². The van der Waals surface area contributed by atoms with Gasteiger partial charge in [-0.1, -0.05) is 18.0 Å². The third-order valence-electron chi connectivity index (χ3n) is 4.83. The van der Waals surface area contributed by atoms with Crippen LogP contribution >= 0.6 is 24.0 Å². The van der Waals surface area contributed by atoms with Crippen molar-refractivity contribution in [3.8, 4) is 17.1 Å². The molecule has 1 amide bonds. The van der Waals surface area contributed by atoms with Gasteiger partial charge in [0.2, 0.25) is 0 Å². The number of carbonyl (C=O) groups is 1. The van der Waals surface area contributed by atoms with Gasteiger partial charge in [0.15, 0.2) is 0 Å². The van der Waals surface area contributed by atoms with Gasteiger partial charge in [-0.2, -0.15) is 0 Å². The Morgan fingerprint density at radius 2 is 1.67 bits per heavy atom. The van der Waals surface area contributed by atoms with Gasteiger partial charge < -0.3 is 0 Å². The minimum Gasteiger partial charge on any atom is -0.299 e. The molecule has 2 heterocycles. The zero-order valence-electron chi connectivity index (χ0n) is 15.9. The van der Waals surface area contributed by atoms with Gasteiger partial charge in [-0.15, -0.1) is 12.4 Å². The van der Waals surface area contributed by atoms with Crippen LogP contribution in [0, 0.1) is 11.6 Å². The molecule has 0 unspecified atom stereocenters. The lowest BCUT2D eigenvalue weighted by atomic mass is 10.2. The molecular weight excluding hydrogens is 433 g/mol. The van der Waals surface area contributed by atoms with E-state index >= 15 is 0 Å². The van der Waals surface area contributed by atoms with E-state index in [4.69, 9.17) is 11.6 Å². The molecule has 2 aromatic carbocycles. The summed E-state index contributed by atoms with van der Waals surface area (Å²) >= 11 is 6.23. The maximum absolute atomic E-state index is 13.5. The fourth-order valence-corrected chi connectivity index (χ4v) is 3.61. The predicted octanol–water partition coefficient (Wildman–Crippen LogP) is 5.02. The van der Waals surface area contributed by atoms with Crippen LogP contribution in [0.4, 0.5) is 8.78 Å². The number of hydrogen-bond acceptors (Lipinski definition) is 3. The van der Waals surface area contributed by atoms with Crippen LogP contribution in [-0.2, 0) is 0 Å². The first kappa shape index (κ1) is 22.2. The molecule has 0 atom stereocenters. The van der Waals surface area contributed by atoms with E-state index in [1.165, 1.54) is 30.3 Å². The average Bonchev–Trinajstić information content (AvgIpc) is 3.14. The summed E-state index contributed by atoms with van der Waals surface area (Å²) in [7, 11) is 0. The molecule has 0 aliphatic carbocycles. The van der Waals surface area contributed by atoms with Crippen molar-refractivity contribution in [1.29, 1.82) is 0 Å². The Morgan fingerprint density at radius 3 is 2.33 bits per heavy atom. The Hall–Kier alpha value is -2.48. The first-order valence-corrected chi connectivity index (χ1v) is 9.76. The van der Waals surface area contributed by atoms with Gasteiger partial charge >= 0.3 is 0 Å². The molecule has 1 fully saturated rings. The predicted molar refractivity (Wildman–Crippen MR) is 114 cm³/mol. The lowest BCUT2D eigenvalue weighted by Crippen LogP contribution is -2.45. The Morgan fingerprint density at radius 1 is 1.00 bits per heavy atom. The molecule has 0 bridgehead atoms. The summed E-state index contributed by atoms with van der Waals surface area (Å²) in [5.41, 5.74) is 4.14. The van der Waals surface area contributed by atoms with E-state index < -0.39 is 5.82 Å². The molecule has 1 aliphatic heterocycles. The number of halogens is 4. The van der Waals surface area contributed by atoms with E-state index in [0.717, 1.165) is 32.4 Å². The van der Waals surface area contributed by atoms with Gasteiger partial charge in [0.05, 0.1) is 5.02 Å². The molecule has 1 aromatic heterocycles. The SMILES string of the molecule is Cl.O=C(NN1CCCCC1)c1cn(-c2ccc(F)cc2)c(-c2ccc(F)cc2Cl)n1. The molecule has 1 aliphatic rings. The van der Waals surface area contributed by atoms with Crippen LogP contribution in [0.15, 0.2) is 48.7 Å². The van der Waals surface area contributed by atoms with E-state index in [1.807, 2.05) is 5.01 Å². The van der Waals surface area contributed by atoms with Crippen molar-refractivity contribution in [2.45, 2.75) is 19.3 Å². The summed E-state index contributed by atoms with van der Waals surface area (Å²) in [5, 5.41) is 2.05. The van der Waals surface area contributed by atoms with Gasteiger partial charge in [0, 0.05) is 30.5 Å². The van der Waals surface area contributed by atoms with Gasteiger partial charge in [0.1, 0.15) is 23.2 Å². The van der Waals surface area contributed by atoms with Crippen LogP contribution in [0.2, 0.25) is 5.02 Å². The van der Waals surface area contributed by atoms with Gasteiger partial charge in [0.25, 0.3) is 5.91 Å². The number of hydrogen-bond donors (Lipinski definition) is 1. The van der Waals surface area contributed by atoms with E-state index in [0.29, 0.717) is 17.1 Å². The van der Waals surface area contributed by atoms with Crippen molar-refractivity contribution in [2.24, 2.45) is 0 Å². The molecule has 5 nitrogen and oxygen atoms in total. The van der Waals surface area contributed by atoms with Crippen LogP contribution in [0.5, 0.6) is 0 Å². The lowest BCUT2D eigenvalue weighted by molar-refractivity contribution is 0.0745. The van der Waals surface area contributed by atoms with Crippen molar-refractivity contribution in [3.63, 3.8) is 0 Å². The van der Waals surface area contributed by atoms with Gasteiger partial charge in [-0.05, 0) is 55.3 Å².